The third kappa shape index (κ3) is 3.62. The molecular formula is C27H44O3. The maximum Gasteiger partial charge on any atom is 0.137 e. The number of ketones is 1. The second kappa shape index (κ2) is 8.35. The van der Waals surface area contributed by atoms with E-state index in [1.807, 2.05) is 6.92 Å². The van der Waals surface area contributed by atoms with Crippen LogP contribution in [0.1, 0.15) is 91.9 Å². The lowest BCUT2D eigenvalue weighted by molar-refractivity contribution is -0.124. The Bertz CT molecular complexity index is 684. The fourth-order valence-electron chi connectivity index (χ4n) is 8.54. The highest BCUT2D eigenvalue weighted by molar-refractivity contribution is 5.80. The summed E-state index contributed by atoms with van der Waals surface area (Å²) < 4.78 is 0. The molecule has 0 spiro atoms. The Hall–Kier alpha value is -0.670. The van der Waals surface area contributed by atoms with Gasteiger partial charge in [0.05, 0.1) is 12.7 Å². The number of Topliss-reactive ketones (excluding diaryl/α,β-unsaturated/α-hetero) is 1. The molecule has 0 heterocycles. The van der Waals surface area contributed by atoms with Crippen LogP contribution in [0.4, 0.5) is 0 Å². The van der Waals surface area contributed by atoms with E-state index in [1.165, 1.54) is 32.1 Å². The third-order valence-corrected chi connectivity index (χ3v) is 10.5. The van der Waals surface area contributed by atoms with Crippen molar-refractivity contribution in [3.8, 4) is 0 Å². The molecule has 3 heteroatoms. The van der Waals surface area contributed by atoms with Crippen molar-refractivity contribution in [2.45, 2.75) is 98.0 Å². The smallest absolute Gasteiger partial charge is 0.137 e. The van der Waals surface area contributed by atoms with Crippen molar-refractivity contribution in [1.29, 1.82) is 0 Å². The van der Waals surface area contributed by atoms with Crippen LogP contribution in [-0.4, -0.2) is 28.7 Å². The zero-order chi connectivity index (χ0) is 21.7. The van der Waals surface area contributed by atoms with E-state index in [0.29, 0.717) is 23.2 Å². The van der Waals surface area contributed by atoms with Gasteiger partial charge >= 0.3 is 0 Å². The predicted molar refractivity (Wildman–Crippen MR) is 121 cm³/mol. The molecule has 3 fully saturated rings. The molecule has 9 atom stereocenters. The molecule has 3 saturated carbocycles. The lowest BCUT2D eigenvalue weighted by Gasteiger charge is -2.58. The van der Waals surface area contributed by atoms with Gasteiger partial charge in [0.2, 0.25) is 0 Å². The Kier molecular flexibility index (Phi) is 6.27. The highest BCUT2D eigenvalue weighted by Crippen LogP contribution is 2.67. The van der Waals surface area contributed by atoms with E-state index in [4.69, 9.17) is 0 Å². The van der Waals surface area contributed by atoms with Crippen LogP contribution in [0.5, 0.6) is 0 Å². The summed E-state index contributed by atoms with van der Waals surface area (Å²) in [5.41, 5.74) is 2.30. The monoisotopic (exact) mass is 416 g/mol. The molecule has 0 aromatic carbocycles. The Morgan fingerprint density at radius 1 is 1.13 bits per heavy atom. The van der Waals surface area contributed by atoms with Crippen LogP contribution >= 0.6 is 0 Å². The van der Waals surface area contributed by atoms with Crippen LogP contribution < -0.4 is 0 Å². The van der Waals surface area contributed by atoms with Crippen molar-refractivity contribution in [2.75, 3.05) is 6.61 Å². The maximum absolute atomic E-state index is 12.3. The van der Waals surface area contributed by atoms with E-state index in [0.717, 1.165) is 49.4 Å². The molecular weight excluding hydrogens is 372 g/mol. The Morgan fingerprint density at radius 2 is 1.90 bits per heavy atom. The number of allylic oxidation sites excluding steroid dienone is 1. The minimum absolute atomic E-state index is 0.0230. The summed E-state index contributed by atoms with van der Waals surface area (Å²) in [6.07, 6.45) is 13.6. The standard InChI is InChI=1S/C27H44O3/c1-17(5-10-25(30)18(2)16-28)22-8-9-23-21-7-6-19-15-20(29)11-13-26(19,3)24(21)12-14-27(22,23)4/h6,17-18,20-24,28-29H,5,7-16H2,1-4H3/t17-,18?,20+,21+,22-,23+,24+,26+,27-/m1/s1. The molecule has 0 aliphatic heterocycles. The van der Waals surface area contributed by atoms with Gasteiger partial charge in [-0.15, -0.1) is 0 Å². The largest absolute Gasteiger partial charge is 0.396 e. The van der Waals surface area contributed by atoms with Crippen molar-refractivity contribution < 1.29 is 15.0 Å². The third-order valence-electron chi connectivity index (χ3n) is 10.5. The zero-order valence-corrected chi connectivity index (χ0v) is 19.7. The maximum atomic E-state index is 12.3. The number of hydrogen-bond donors (Lipinski definition) is 2. The average molecular weight is 417 g/mol. The molecule has 2 N–H and O–H groups in total. The van der Waals surface area contributed by atoms with E-state index < -0.39 is 0 Å². The van der Waals surface area contributed by atoms with Crippen molar-refractivity contribution in [2.24, 2.45) is 46.3 Å². The summed E-state index contributed by atoms with van der Waals surface area (Å²) in [4.78, 5) is 12.3. The molecule has 0 bridgehead atoms. The molecule has 1 unspecified atom stereocenters. The highest BCUT2D eigenvalue weighted by atomic mass is 16.3. The van der Waals surface area contributed by atoms with Gasteiger partial charge in [-0.3, -0.25) is 4.79 Å². The van der Waals surface area contributed by atoms with Gasteiger partial charge in [-0.25, -0.2) is 0 Å². The van der Waals surface area contributed by atoms with Gasteiger partial charge in [0.1, 0.15) is 5.78 Å². The van der Waals surface area contributed by atoms with Crippen molar-refractivity contribution in [1.82, 2.24) is 0 Å². The average Bonchev–Trinajstić information content (AvgIpc) is 3.09. The number of hydrogen-bond acceptors (Lipinski definition) is 3. The predicted octanol–water partition coefficient (Wildman–Crippen LogP) is 5.54. The van der Waals surface area contributed by atoms with Crippen molar-refractivity contribution in [3.05, 3.63) is 11.6 Å². The molecule has 4 rings (SSSR count). The topological polar surface area (TPSA) is 57.5 Å². The van der Waals surface area contributed by atoms with Crippen molar-refractivity contribution >= 4 is 5.78 Å². The Labute approximate surface area is 183 Å². The number of aliphatic hydroxyl groups excluding tert-OH is 2. The summed E-state index contributed by atoms with van der Waals surface area (Å²) in [6.45, 7) is 9.28. The lowest BCUT2D eigenvalue weighted by Crippen LogP contribution is -2.50. The molecule has 0 aromatic rings. The van der Waals surface area contributed by atoms with Gasteiger partial charge in [-0.2, -0.15) is 0 Å². The summed E-state index contributed by atoms with van der Waals surface area (Å²) in [5.74, 6) is 3.75. The number of carbonyl (C=O) groups excluding carboxylic acids is 1. The first-order valence-electron chi connectivity index (χ1n) is 12.7. The fraction of sp³-hybridized carbons (Fsp3) is 0.889. The van der Waals surface area contributed by atoms with Crippen LogP contribution in [0, 0.1) is 46.3 Å². The second-order valence-corrected chi connectivity index (χ2v) is 12.0. The molecule has 0 saturated heterocycles. The molecule has 30 heavy (non-hydrogen) atoms. The van der Waals surface area contributed by atoms with Gasteiger partial charge in [0.25, 0.3) is 0 Å². The van der Waals surface area contributed by atoms with Gasteiger partial charge in [0, 0.05) is 12.3 Å². The number of fused-ring (bicyclic) bond motifs is 5. The van der Waals surface area contributed by atoms with Crippen LogP contribution in [0.25, 0.3) is 0 Å². The summed E-state index contributed by atoms with van der Waals surface area (Å²) in [5, 5.41) is 19.5. The summed E-state index contributed by atoms with van der Waals surface area (Å²) in [6, 6.07) is 0. The van der Waals surface area contributed by atoms with Crippen LogP contribution in [0.3, 0.4) is 0 Å². The number of rotatable bonds is 6. The summed E-state index contributed by atoms with van der Waals surface area (Å²) >= 11 is 0. The Morgan fingerprint density at radius 3 is 2.63 bits per heavy atom. The van der Waals surface area contributed by atoms with E-state index in [-0.39, 0.29) is 24.4 Å². The zero-order valence-electron chi connectivity index (χ0n) is 19.7. The normalized spacial score (nSPS) is 45.0. The first-order valence-corrected chi connectivity index (χ1v) is 12.7. The minimum Gasteiger partial charge on any atom is -0.396 e. The minimum atomic E-state index is -0.211. The molecule has 0 aromatic heterocycles. The quantitative estimate of drug-likeness (QED) is 0.559. The SMILES string of the molecule is CC(CO)C(=O)CC[C@@H](C)[C@H]1CC[C@H]2[C@@H]3CC=C4C[C@@H](O)CC[C@]4(C)[C@H]3CC[C@]12C. The second-order valence-electron chi connectivity index (χ2n) is 12.0. The first kappa shape index (κ1) is 22.5. The van der Waals surface area contributed by atoms with E-state index in [9.17, 15) is 15.0 Å². The molecule has 0 amide bonds. The molecule has 3 nitrogen and oxygen atoms in total. The van der Waals surface area contributed by atoms with Gasteiger partial charge in [-0.1, -0.05) is 39.3 Å². The van der Waals surface area contributed by atoms with Gasteiger partial charge in [0.15, 0.2) is 0 Å². The van der Waals surface area contributed by atoms with E-state index in [2.05, 4.69) is 26.8 Å². The van der Waals surface area contributed by atoms with Gasteiger partial charge in [-0.05, 0) is 98.2 Å². The molecule has 0 radical (unpaired) electrons. The lowest BCUT2D eigenvalue weighted by atomic mass is 9.47. The molecule has 4 aliphatic rings. The number of aliphatic hydroxyl groups is 2. The first-order chi connectivity index (χ1) is 14.2. The van der Waals surface area contributed by atoms with Crippen LogP contribution in [0.15, 0.2) is 11.6 Å². The highest BCUT2D eigenvalue weighted by Gasteiger charge is 2.59. The van der Waals surface area contributed by atoms with E-state index >= 15 is 0 Å². The van der Waals surface area contributed by atoms with Crippen LogP contribution in [0.2, 0.25) is 0 Å². The number of carbonyl (C=O) groups is 1. The summed E-state index contributed by atoms with van der Waals surface area (Å²) in [7, 11) is 0. The van der Waals surface area contributed by atoms with Crippen LogP contribution in [-0.2, 0) is 4.79 Å². The van der Waals surface area contributed by atoms with E-state index in [1.54, 1.807) is 5.57 Å². The Balaban J connectivity index is 1.47. The fourth-order valence-corrected chi connectivity index (χ4v) is 8.54. The molecule has 4 aliphatic carbocycles. The van der Waals surface area contributed by atoms with Gasteiger partial charge < -0.3 is 10.2 Å². The van der Waals surface area contributed by atoms with Crippen molar-refractivity contribution in [3.63, 3.8) is 0 Å². The molecule has 170 valence electrons.